The number of rotatable bonds is 3. The van der Waals surface area contributed by atoms with E-state index in [2.05, 4.69) is 38.5 Å². The molecule has 1 spiro atoms. The number of halogens is 1. The zero-order valence-electron chi connectivity index (χ0n) is 13.7. The maximum atomic E-state index is 12.4. The molecule has 0 amide bonds. The van der Waals surface area contributed by atoms with Crippen molar-refractivity contribution in [3.63, 3.8) is 0 Å². The second kappa shape index (κ2) is 4.89. The van der Waals surface area contributed by atoms with E-state index >= 15 is 0 Å². The van der Waals surface area contributed by atoms with Crippen LogP contribution in [0.2, 0.25) is 0 Å². The fourth-order valence-corrected chi connectivity index (χ4v) is 4.39. The third-order valence-corrected chi connectivity index (χ3v) is 5.52. The number of nitrogens with zero attached hydrogens (tertiary/aromatic N) is 5. The van der Waals surface area contributed by atoms with Gasteiger partial charge in [-0.3, -0.25) is 9.88 Å². The maximum absolute atomic E-state index is 12.4. The molecule has 24 heavy (non-hydrogen) atoms. The second-order valence-corrected chi connectivity index (χ2v) is 7.25. The molecule has 0 radical (unpaired) electrons. The SMILES string of the molecule is Cn1c2ccncc2c2ccc(N3CC4(CN(CCF)C4)C3)nc21. The van der Waals surface area contributed by atoms with Gasteiger partial charge in [0.2, 0.25) is 0 Å². The molecule has 0 aliphatic carbocycles. The molecule has 0 bridgehead atoms. The van der Waals surface area contributed by atoms with Gasteiger partial charge in [-0.1, -0.05) is 0 Å². The first-order valence-corrected chi connectivity index (χ1v) is 8.42. The lowest BCUT2D eigenvalue weighted by Gasteiger charge is -2.60. The van der Waals surface area contributed by atoms with E-state index in [9.17, 15) is 4.39 Å². The second-order valence-electron chi connectivity index (χ2n) is 7.25. The maximum Gasteiger partial charge on any atom is 0.143 e. The van der Waals surface area contributed by atoms with E-state index in [1.54, 1.807) is 0 Å². The molecule has 0 aromatic carbocycles. The van der Waals surface area contributed by atoms with Gasteiger partial charge < -0.3 is 9.47 Å². The van der Waals surface area contributed by atoms with Gasteiger partial charge in [0.1, 0.15) is 18.1 Å². The van der Waals surface area contributed by atoms with Crippen LogP contribution < -0.4 is 4.90 Å². The molecule has 5 nitrogen and oxygen atoms in total. The number of hydrogen-bond acceptors (Lipinski definition) is 4. The number of aromatic nitrogens is 3. The lowest BCUT2D eigenvalue weighted by molar-refractivity contribution is -0.0244. The predicted octanol–water partition coefficient (Wildman–Crippen LogP) is 2.21. The molecule has 2 aliphatic rings. The minimum Gasteiger partial charge on any atom is -0.355 e. The van der Waals surface area contributed by atoms with Crippen LogP contribution in [0, 0.1) is 5.41 Å². The Balaban J connectivity index is 1.41. The molecule has 3 aromatic rings. The number of likely N-dealkylation sites (tertiary alicyclic amines) is 1. The Morgan fingerprint density at radius 1 is 1.12 bits per heavy atom. The molecule has 124 valence electrons. The lowest BCUT2D eigenvalue weighted by atomic mass is 9.73. The standard InChI is InChI=1S/C18H20FN5/c1-22-15-4-6-20-8-14(15)13-2-3-16(21-17(13)22)24-11-18(12-24)9-23(10-18)7-5-19/h2-4,6,8H,5,7,9-12H2,1H3. The smallest absolute Gasteiger partial charge is 0.143 e. The summed E-state index contributed by atoms with van der Waals surface area (Å²) in [5.74, 6) is 1.04. The van der Waals surface area contributed by atoms with Gasteiger partial charge in [0, 0.05) is 68.4 Å². The summed E-state index contributed by atoms with van der Waals surface area (Å²) in [6, 6.07) is 6.30. The lowest BCUT2D eigenvalue weighted by Crippen LogP contribution is -2.72. The first kappa shape index (κ1) is 14.2. The van der Waals surface area contributed by atoms with Gasteiger partial charge in [0.25, 0.3) is 0 Å². The first-order chi connectivity index (χ1) is 11.7. The number of aryl methyl sites for hydroxylation is 1. The Morgan fingerprint density at radius 3 is 2.75 bits per heavy atom. The van der Waals surface area contributed by atoms with E-state index in [-0.39, 0.29) is 6.67 Å². The van der Waals surface area contributed by atoms with Gasteiger partial charge in [0.05, 0.1) is 5.52 Å². The van der Waals surface area contributed by atoms with Crippen molar-refractivity contribution in [2.75, 3.05) is 44.3 Å². The summed E-state index contributed by atoms with van der Waals surface area (Å²) in [4.78, 5) is 13.7. The van der Waals surface area contributed by atoms with Gasteiger partial charge in [0.15, 0.2) is 0 Å². The molecular weight excluding hydrogens is 305 g/mol. The minimum atomic E-state index is -0.242. The fourth-order valence-electron chi connectivity index (χ4n) is 4.39. The highest BCUT2D eigenvalue weighted by atomic mass is 19.1. The molecule has 2 fully saturated rings. The van der Waals surface area contributed by atoms with Crippen molar-refractivity contribution >= 4 is 27.8 Å². The average molecular weight is 325 g/mol. The Hall–Kier alpha value is -2.21. The van der Waals surface area contributed by atoms with Crippen molar-refractivity contribution in [3.05, 3.63) is 30.6 Å². The Labute approximate surface area is 139 Å². The van der Waals surface area contributed by atoms with Gasteiger partial charge >= 0.3 is 0 Å². The number of fused-ring (bicyclic) bond motifs is 3. The molecule has 0 unspecified atom stereocenters. The predicted molar refractivity (Wildman–Crippen MR) is 93.1 cm³/mol. The zero-order valence-corrected chi connectivity index (χ0v) is 13.7. The van der Waals surface area contributed by atoms with E-state index in [0.29, 0.717) is 12.0 Å². The van der Waals surface area contributed by atoms with Crippen molar-refractivity contribution in [1.29, 1.82) is 0 Å². The van der Waals surface area contributed by atoms with E-state index in [1.807, 2.05) is 18.5 Å². The van der Waals surface area contributed by atoms with Crippen LogP contribution in [-0.4, -0.2) is 58.8 Å². The van der Waals surface area contributed by atoms with Crippen LogP contribution in [0.4, 0.5) is 10.2 Å². The number of hydrogen-bond donors (Lipinski definition) is 0. The van der Waals surface area contributed by atoms with Crippen LogP contribution >= 0.6 is 0 Å². The number of anilines is 1. The van der Waals surface area contributed by atoms with Crippen molar-refractivity contribution in [2.24, 2.45) is 12.5 Å². The number of pyridine rings is 2. The van der Waals surface area contributed by atoms with Crippen molar-refractivity contribution < 1.29 is 4.39 Å². The molecule has 2 saturated heterocycles. The third kappa shape index (κ3) is 1.89. The van der Waals surface area contributed by atoms with Crippen LogP contribution in [0.1, 0.15) is 0 Å². The fraction of sp³-hybridized carbons (Fsp3) is 0.444. The molecule has 0 atom stereocenters. The average Bonchev–Trinajstić information content (AvgIpc) is 2.82. The molecule has 5 heterocycles. The molecule has 5 rings (SSSR count). The van der Waals surface area contributed by atoms with Crippen LogP contribution in [0.25, 0.3) is 21.9 Å². The zero-order chi connectivity index (χ0) is 16.3. The molecule has 0 N–H and O–H groups in total. The Kier molecular flexibility index (Phi) is 2.89. The van der Waals surface area contributed by atoms with Gasteiger partial charge in [-0.05, 0) is 18.2 Å². The highest BCUT2D eigenvalue weighted by Crippen LogP contribution is 2.41. The topological polar surface area (TPSA) is 37.2 Å². The summed E-state index contributed by atoms with van der Waals surface area (Å²) >= 11 is 0. The minimum absolute atomic E-state index is 0.242. The Morgan fingerprint density at radius 2 is 1.96 bits per heavy atom. The largest absolute Gasteiger partial charge is 0.355 e. The van der Waals surface area contributed by atoms with E-state index in [1.165, 1.54) is 0 Å². The van der Waals surface area contributed by atoms with Gasteiger partial charge in [-0.25, -0.2) is 9.37 Å². The normalized spacial score (nSPS) is 19.8. The van der Waals surface area contributed by atoms with Gasteiger partial charge in [-0.2, -0.15) is 0 Å². The van der Waals surface area contributed by atoms with Crippen LogP contribution in [0.15, 0.2) is 30.6 Å². The van der Waals surface area contributed by atoms with Crippen LogP contribution in [0.5, 0.6) is 0 Å². The van der Waals surface area contributed by atoms with Crippen LogP contribution in [0.3, 0.4) is 0 Å². The monoisotopic (exact) mass is 325 g/mol. The molecular formula is C18H20FN5. The van der Waals surface area contributed by atoms with Crippen molar-refractivity contribution in [2.45, 2.75) is 0 Å². The van der Waals surface area contributed by atoms with Gasteiger partial charge in [-0.15, -0.1) is 0 Å². The summed E-state index contributed by atoms with van der Waals surface area (Å²) in [5.41, 5.74) is 2.53. The number of alkyl halides is 1. The third-order valence-electron chi connectivity index (χ3n) is 5.52. The van der Waals surface area contributed by atoms with E-state index < -0.39 is 0 Å². The Bertz CT molecular complexity index is 920. The van der Waals surface area contributed by atoms with E-state index in [0.717, 1.165) is 53.9 Å². The summed E-state index contributed by atoms with van der Waals surface area (Å²) in [5, 5.41) is 2.30. The quantitative estimate of drug-likeness (QED) is 0.740. The highest BCUT2D eigenvalue weighted by Gasteiger charge is 2.51. The highest BCUT2D eigenvalue weighted by molar-refractivity contribution is 6.06. The summed E-state index contributed by atoms with van der Waals surface area (Å²) in [6.07, 6.45) is 3.73. The summed E-state index contributed by atoms with van der Waals surface area (Å²) < 4.78 is 14.5. The van der Waals surface area contributed by atoms with Crippen molar-refractivity contribution in [1.82, 2.24) is 19.4 Å². The molecule has 3 aromatic heterocycles. The summed E-state index contributed by atoms with van der Waals surface area (Å²) in [7, 11) is 2.06. The van der Waals surface area contributed by atoms with Crippen molar-refractivity contribution in [3.8, 4) is 0 Å². The summed E-state index contributed by atoms with van der Waals surface area (Å²) in [6.45, 7) is 4.44. The molecule has 0 saturated carbocycles. The molecule has 6 heteroatoms. The van der Waals surface area contributed by atoms with E-state index in [4.69, 9.17) is 4.98 Å². The first-order valence-electron chi connectivity index (χ1n) is 8.42. The van der Waals surface area contributed by atoms with Crippen LogP contribution in [-0.2, 0) is 7.05 Å². The molecule has 2 aliphatic heterocycles.